The van der Waals surface area contributed by atoms with Crippen LogP contribution in [0.3, 0.4) is 0 Å². The molecule has 104 valence electrons. The van der Waals surface area contributed by atoms with Crippen molar-refractivity contribution in [3.63, 3.8) is 0 Å². The SMILES string of the molecule is CC(C)N(Cc1ccccn1)C(=O)c1cccc(Cl)n1. The molecule has 0 unspecified atom stereocenters. The zero-order chi connectivity index (χ0) is 14.5. The van der Waals surface area contributed by atoms with Crippen LogP contribution in [-0.4, -0.2) is 26.8 Å². The molecule has 0 atom stereocenters. The molecule has 0 N–H and O–H groups in total. The van der Waals surface area contributed by atoms with Crippen LogP contribution in [-0.2, 0) is 6.54 Å². The van der Waals surface area contributed by atoms with Crippen LogP contribution < -0.4 is 0 Å². The third kappa shape index (κ3) is 3.54. The number of carbonyl (C=O) groups excluding carboxylic acids is 1. The van der Waals surface area contributed by atoms with Crippen LogP contribution in [0.2, 0.25) is 5.15 Å². The number of pyridine rings is 2. The van der Waals surface area contributed by atoms with Gasteiger partial charge in [-0.2, -0.15) is 0 Å². The molecule has 0 spiro atoms. The molecule has 5 heteroatoms. The maximum Gasteiger partial charge on any atom is 0.273 e. The van der Waals surface area contributed by atoms with Gasteiger partial charge in [-0.3, -0.25) is 9.78 Å². The fourth-order valence-corrected chi connectivity index (χ4v) is 1.99. The van der Waals surface area contributed by atoms with Crippen LogP contribution in [0.15, 0.2) is 42.6 Å². The first-order valence-electron chi connectivity index (χ1n) is 6.41. The van der Waals surface area contributed by atoms with E-state index in [9.17, 15) is 4.79 Å². The summed E-state index contributed by atoms with van der Waals surface area (Å²) >= 11 is 5.84. The Bertz CT molecular complexity index is 587. The molecule has 2 rings (SSSR count). The molecule has 2 heterocycles. The molecule has 0 saturated carbocycles. The van der Waals surface area contributed by atoms with Crippen molar-refractivity contribution in [3.05, 3.63) is 59.1 Å². The van der Waals surface area contributed by atoms with Gasteiger partial charge in [-0.05, 0) is 38.1 Å². The highest BCUT2D eigenvalue weighted by Gasteiger charge is 2.20. The third-order valence-corrected chi connectivity index (χ3v) is 3.09. The standard InChI is InChI=1S/C15H16ClN3O/c1-11(2)19(10-12-6-3-4-9-17-12)15(20)13-7-5-8-14(16)18-13/h3-9,11H,10H2,1-2H3. The number of amides is 1. The zero-order valence-electron chi connectivity index (χ0n) is 11.5. The van der Waals surface area contributed by atoms with Crippen molar-refractivity contribution < 1.29 is 4.79 Å². The molecular formula is C15H16ClN3O. The van der Waals surface area contributed by atoms with Crippen LogP contribution in [0, 0.1) is 0 Å². The van der Waals surface area contributed by atoms with Crippen molar-refractivity contribution in [1.29, 1.82) is 0 Å². The predicted octanol–water partition coefficient (Wildman–Crippen LogP) is 3.18. The van der Waals surface area contributed by atoms with Gasteiger partial charge in [0.05, 0.1) is 12.2 Å². The number of hydrogen-bond acceptors (Lipinski definition) is 3. The van der Waals surface area contributed by atoms with Gasteiger partial charge < -0.3 is 4.90 Å². The second-order valence-corrected chi connectivity index (χ2v) is 5.08. The minimum atomic E-state index is -0.145. The third-order valence-electron chi connectivity index (χ3n) is 2.88. The van der Waals surface area contributed by atoms with Crippen molar-refractivity contribution in [1.82, 2.24) is 14.9 Å². The van der Waals surface area contributed by atoms with Gasteiger partial charge >= 0.3 is 0 Å². The number of rotatable bonds is 4. The van der Waals surface area contributed by atoms with Crippen LogP contribution in [0.1, 0.15) is 30.0 Å². The Hall–Kier alpha value is -1.94. The average Bonchev–Trinajstić information content (AvgIpc) is 2.45. The molecule has 0 bridgehead atoms. The van der Waals surface area contributed by atoms with Gasteiger partial charge in [0.1, 0.15) is 10.8 Å². The quantitative estimate of drug-likeness (QED) is 0.812. The van der Waals surface area contributed by atoms with Crippen LogP contribution in [0.25, 0.3) is 0 Å². The Balaban J connectivity index is 2.23. The van der Waals surface area contributed by atoms with E-state index in [0.717, 1.165) is 5.69 Å². The summed E-state index contributed by atoms with van der Waals surface area (Å²) < 4.78 is 0. The van der Waals surface area contributed by atoms with Crippen molar-refractivity contribution in [2.24, 2.45) is 0 Å². The fourth-order valence-electron chi connectivity index (χ4n) is 1.83. The van der Waals surface area contributed by atoms with Crippen molar-refractivity contribution in [2.75, 3.05) is 0 Å². The lowest BCUT2D eigenvalue weighted by molar-refractivity contribution is 0.0681. The number of carbonyl (C=O) groups is 1. The van der Waals surface area contributed by atoms with Gasteiger partial charge in [0.25, 0.3) is 5.91 Å². The lowest BCUT2D eigenvalue weighted by Crippen LogP contribution is -2.37. The Morgan fingerprint density at radius 3 is 2.65 bits per heavy atom. The number of hydrogen-bond donors (Lipinski definition) is 0. The molecule has 20 heavy (non-hydrogen) atoms. The second kappa shape index (κ2) is 6.48. The molecule has 0 saturated heterocycles. The van der Waals surface area contributed by atoms with E-state index in [0.29, 0.717) is 17.4 Å². The fraction of sp³-hybridized carbons (Fsp3) is 0.267. The second-order valence-electron chi connectivity index (χ2n) is 4.69. The van der Waals surface area contributed by atoms with E-state index >= 15 is 0 Å². The molecular weight excluding hydrogens is 274 g/mol. The highest BCUT2D eigenvalue weighted by Crippen LogP contribution is 2.13. The van der Waals surface area contributed by atoms with Crippen LogP contribution in [0.4, 0.5) is 0 Å². The minimum absolute atomic E-state index is 0.0466. The summed E-state index contributed by atoms with van der Waals surface area (Å²) in [5.41, 5.74) is 1.19. The molecule has 0 fully saturated rings. The lowest BCUT2D eigenvalue weighted by Gasteiger charge is -2.26. The Labute approximate surface area is 123 Å². The molecule has 1 amide bonds. The summed E-state index contributed by atoms with van der Waals surface area (Å²) in [5.74, 6) is -0.145. The zero-order valence-corrected chi connectivity index (χ0v) is 12.2. The van der Waals surface area contributed by atoms with E-state index in [4.69, 9.17) is 11.6 Å². The van der Waals surface area contributed by atoms with E-state index in [1.165, 1.54) is 0 Å². The summed E-state index contributed by atoms with van der Waals surface area (Å²) in [6.45, 7) is 4.38. The highest BCUT2D eigenvalue weighted by atomic mass is 35.5. The van der Waals surface area contributed by atoms with Gasteiger partial charge in [-0.15, -0.1) is 0 Å². The largest absolute Gasteiger partial charge is 0.329 e. The van der Waals surface area contributed by atoms with Gasteiger partial charge in [0.15, 0.2) is 0 Å². The summed E-state index contributed by atoms with van der Waals surface area (Å²) in [6.07, 6.45) is 1.72. The van der Waals surface area contributed by atoms with Crippen LogP contribution >= 0.6 is 11.6 Å². The van der Waals surface area contributed by atoms with E-state index in [1.54, 1.807) is 29.3 Å². The number of aromatic nitrogens is 2. The maximum absolute atomic E-state index is 12.5. The monoisotopic (exact) mass is 289 g/mol. The first-order valence-corrected chi connectivity index (χ1v) is 6.79. The number of halogens is 1. The van der Waals surface area contributed by atoms with E-state index in [-0.39, 0.29) is 11.9 Å². The molecule has 0 aliphatic heterocycles. The van der Waals surface area contributed by atoms with Gasteiger partial charge in [-0.1, -0.05) is 23.7 Å². The Morgan fingerprint density at radius 1 is 1.25 bits per heavy atom. The Morgan fingerprint density at radius 2 is 2.05 bits per heavy atom. The van der Waals surface area contributed by atoms with Crippen molar-refractivity contribution >= 4 is 17.5 Å². The minimum Gasteiger partial charge on any atom is -0.329 e. The van der Waals surface area contributed by atoms with Gasteiger partial charge in [-0.25, -0.2) is 4.98 Å². The predicted molar refractivity (Wildman–Crippen MR) is 78.5 cm³/mol. The number of nitrogens with zero attached hydrogens (tertiary/aromatic N) is 3. The first kappa shape index (κ1) is 14.5. The first-order chi connectivity index (χ1) is 9.58. The maximum atomic E-state index is 12.5. The van der Waals surface area contributed by atoms with Crippen LogP contribution in [0.5, 0.6) is 0 Å². The summed E-state index contributed by atoms with van der Waals surface area (Å²) in [6, 6.07) is 10.7. The van der Waals surface area contributed by atoms with E-state index in [1.807, 2.05) is 32.0 Å². The molecule has 0 radical (unpaired) electrons. The molecule has 2 aromatic heterocycles. The van der Waals surface area contributed by atoms with E-state index < -0.39 is 0 Å². The molecule has 0 aliphatic rings. The van der Waals surface area contributed by atoms with Gasteiger partial charge in [0, 0.05) is 12.2 Å². The summed E-state index contributed by atoms with van der Waals surface area (Å²) in [5, 5.41) is 0.317. The molecule has 0 aromatic carbocycles. The lowest BCUT2D eigenvalue weighted by atomic mass is 10.2. The molecule has 4 nitrogen and oxygen atoms in total. The van der Waals surface area contributed by atoms with Crippen molar-refractivity contribution in [3.8, 4) is 0 Å². The van der Waals surface area contributed by atoms with E-state index in [2.05, 4.69) is 9.97 Å². The molecule has 2 aromatic rings. The Kier molecular flexibility index (Phi) is 4.69. The summed E-state index contributed by atoms with van der Waals surface area (Å²) in [4.78, 5) is 22.6. The normalized spacial score (nSPS) is 10.6. The van der Waals surface area contributed by atoms with Crippen molar-refractivity contribution in [2.45, 2.75) is 26.4 Å². The summed E-state index contributed by atoms with van der Waals surface area (Å²) in [7, 11) is 0. The van der Waals surface area contributed by atoms with Gasteiger partial charge in [0.2, 0.25) is 0 Å². The smallest absolute Gasteiger partial charge is 0.273 e. The highest BCUT2D eigenvalue weighted by molar-refractivity contribution is 6.29. The average molecular weight is 290 g/mol. The molecule has 0 aliphatic carbocycles. The topological polar surface area (TPSA) is 46.1 Å².